The molecule has 0 bridgehead atoms. The summed E-state index contributed by atoms with van der Waals surface area (Å²) in [5, 5.41) is 5.87. The van der Waals surface area contributed by atoms with Crippen LogP contribution in [0.15, 0.2) is 35.1 Å². The van der Waals surface area contributed by atoms with Crippen molar-refractivity contribution in [2.75, 3.05) is 25.0 Å². The Bertz CT molecular complexity index is 787. The van der Waals surface area contributed by atoms with Crippen molar-refractivity contribution in [2.45, 2.75) is 13.3 Å². The first-order valence-electron chi connectivity index (χ1n) is 7.92. The normalized spacial score (nSPS) is 16.0. The van der Waals surface area contributed by atoms with Gasteiger partial charge in [0.2, 0.25) is 11.9 Å². The third-order valence-corrected chi connectivity index (χ3v) is 3.84. The van der Waals surface area contributed by atoms with Crippen molar-refractivity contribution >= 4 is 11.9 Å². The van der Waals surface area contributed by atoms with Gasteiger partial charge >= 0.3 is 0 Å². The second kappa shape index (κ2) is 7.16. The van der Waals surface area contributed by atoms with Crippen LogP contribution in [-0.2, 0) is 11.2 Å². The van der Waals surface area contributed by atoms with E-state index in [2.05, 4.69) is 20.6 Å². The number of nitrogens with one attached hydrogen (secondary N) is 3. The Kier molecular flexibility index (Phi) is 4.79. The lowest BCUT2D eigenvalue weighted by Gasteiger charge is -2.24. The van der Waals surface area contributed by atoms with Crippen molar-refractivity contribution < 1.29 is 9.53 Å². The number of H-pyrrole nitrogens is 1. The minimum atomic E-state index is -0.202. The number of para-hydroxylation sites is 1. The summed E-state index contributed by atoms with van der Waals surface area (Å²) in [7, 11) is 0. The van der Waals surface area contributed by atoms with Crippen molar-refractivity contribution in [1.82, 2.24) is 15.3 Å². The maximum Gasteiger partial charge on any atom is 0.252 e. The molecule has 1 aromatic heterocycles. The molecule has 0 saturated carbocycles. The number of anilines is 1. The zero-order valence-corrected chi connectivity index (χ0v) is 13.5. The van der Waals surface area contributed by atoms with E-state index >= 15 is 0 Å². The Labute approximate surface area is 139 Å². The highest BCUT2D eigenvalue weighted by molar-refractivity contribution is 5.79. The van der Waals surface area contributed by atoms with Crippen LogP contribution in [0.25, 0.3) is 0 Å². The van der Waals surface area contributed by atoms with Gasteiger partial charge in [-0.3, -0.25) is 14.6 Å². The molecule has 3 rings (SSSR count). The van der Waals surface area contributed by atoms with E-state index in [1.807, 2.05) is 24.3 Å². The first kappa shape index (κ1) is 16.0. The van der Waals surface area contributed by atoms with Gasteiger partial charge in [-0.2, -0.15) is 0 Å². The summed E-state index contributed by atoms with van der Waals surface area (Å²) in [5.41, 5.74) is 1.50. The molecule has 0 aliphatic carbocycles. The van der Waals surface area contributed by atoms with Crippen molar-refractivity contribution in [3.63, 3.8) is 0 Å². The number of rotatable bonds is 5. The number of carbonyl (C=O) groups excluding carboxylic acids is 1. The summed E-state index contributed by atoms with van der Waals surface area (Å²) in [4.78, 5) is 30.3. The molecule has 1 aromatic carbocycles. The maximum absolute atomic E-state index is 12.2. The SMILES string of the molecule is Cc1cc(=O)[nH]c(NCCNC(=O)[C@@H]2COc3ccccc3C2)n1. The van der Waals surface area contributed by atoms with Crippen molar-refractivity contribution in [3.8, 4) is 5.75 Å². The van der Waals surface area contributed by atoms with E-state index < -0.39 is 0 Å². The fraction of sp³-hybridized carbons (Fsp3) is 0.353. The van der Waals surface area contributed by atoms with Crippen LogP contribution in [0.1, 0.15) is 11.3 Å². The Morgan fingerprint density at radius 1 is 1.38 bits per heavy atom. The number of carbonyl (C=O) groups is 1. The summed E-state index contributed by atoms with van der Waals surface area (Å²) >= 11 is 0. The molecule has 0 radical (unpaired) electrons. The van der Waals surface area contributed by atoms with Gasteiger partial charge in [0.1, 0.15) is 12.4 Å². The van der Waals surface area contributed by atoms with Crippen LogP contribution in [0.3, 0.4) is 0 Å². The summed E-state index contributed by atoms with van der Waals surface area (Å²) in [6.45, 7) is 3.06. The number of ether oxygens (including phenoxy) is 1. The van der Waals surface area contributed by atoms with E-state index in [9.17, 15) is 9.59 Å². The van der Waals surface area contributed by atoms with E-state index in [-0.39, 0.29) is 17.4 Å². The molecule has 2 heterocycles. The second-order valence-electron chi connectivity index (χ2n) is 5.77. The number of benzene rings is 1. The number of hydrogen-bond acceptors (Lipinski definition) is 5. The predicted octanol–water partition coefficient (Wildman–Crippen LogP) is 0.858. The molecule has 0 spiro atoms. The van der Waals surface area contributed by atoms with Crippen LogP contribution >= 0.6 is 0 Å². The molecular formula is C17H20N4O3. The highest BCUT2D eigenvalue weighted by Gasteiger charge is 2.25. The van der Waals surface area contributed by atoms with E-state index in [1.54, 1.807) is 6.92 Å². The molecule has 0 saturated heterocycles. The minimum absolute atomic E-state index is 0.0306. The molecule has 24 heavy (non-hydrogen) atoms. The monoisotopic (exact) mass is 328 g/mol. The Balaban J connectivity index is 1.45. The van der Waals surface area contributed by atoms with Gasteiger partial charge in [-0.05, 0) is 25.0 Å². The smallest absolute Gasteiger partial charge is 0.252 e. The van der Waals surface area contributed by atoms with Crippen LogP contribution < -0.4 is 20.9 Å². The van der Waals surface area contributed by atoms with Crippen molar-refractivity contribution in [3.05, 3.63) is 51.9 Å². The van der Waals surface area contributed by atoms with E-state index in [0.717, 1.165) is 11.3 Å². The molecule has 1 aliphatic heterocycles. The van der Waals surface area contributed by atoms with Crippen LogP contribution in [0.4, 0.5) is 5.95 Å². The Morgan fingerprint density at radius 3 is 3.04 bits per heavy atom. The summed E-state index contributed by atoms with van der Waals surface area (Å²) in [5.74, 6) is 1.05. The fourth-order valence-electron chi connectivity index (χ4n) is 2.67. The van der Waals surface area contributed by atoms with Crippen LogP contribution in [-0.4, -0.2) is 35.6 Å². The first-order chi connectivity index (χ1) is 11.6. The van der Waals surface area contributed by atoms with E-state index in [0.29, 0.717) is 37.8 Å². The molecule has 2 aromatic rings. The van der Waals surface area contributed by atoms with Crippen molar-refractivity contribution in [2.24, 2.45) is 5.92 Å². The quantitative estimate of drug-likeness (QED) is 0.708. The van der Waals surface area contributed by atoms with Gasteiger partial charge in [0.15, 0.2) is 0 Å². The second-order valence-corrected chi connectivity index (χ2v) is 5.77. The van der Waals surface area contributed by atoms with Gasteiger partial charge in [0, 0.05) is 24.8 Å². The number of aromatic amines is 1. The standard InChI is InChI=1S/C17H20N4O3/c1-11-8-15(22)21-17(20-11)19-7-6-18-16(23)13-9-12-4-2-3-5-14(12)24-10-13/h2-5,8,13H,6-7,9-10H2,1H3,(H,18,23)(H2,19,20,21,22)/t13-/m0/s1. The highest BCUT2D eigenvalue weighted by atomic mass is 16.5. The number of hydrogen-bond donors (Lipinski definition) is 3. The van der Waals surface area contributed by atoms with Gasteiger partial charge in [-0.1, -0.05) is 18.2 Å². The topological polar surface area (TPSA) is 96.1 Å². The third kappa shape index (κ3) is 3.92. The van der Waals surface area contributed by atoms with Crippen LogP contribution in [0.5, 0.6) is 5.75 Å². The molecule has 1 aliphatic rings. The molecule has 1 atom stereocenters. The molecular weight excluding hydrogens is 308 g/mol. The molecule has 126 valence electrons. The van der Waals surface area contributed by atoms with Gasteiger partial charge in [-0.25, -0.2) is 4.98 Å². The number of amides is 1. The number of aryl methyl sites for hydroxylation is 1. The van der Waals surface area contributed by atoms with Crippen LogP contribution in [0.2, 0.25) is 0 Å². The van der Waals surface area contributed by atoms with Gasteiger partial charge in [0.05, 0.1) is 5.92 Å². The average Bonchev–Trinajstić information content (AvgIpc) is 2.57. The lowest BCUT2D eigenvalue weighted by atomic mass is 9.96. The van der Waals surface area contributed by atoms with Gasteiger partial charge < -0.3 is 15.4 Å². The van der Waals surface area contributed by atoms with Gasteiger partial charge in [0.25, 0.3) is 5.56 Å². The summed E-state index contributed by atoms with van der Waals surface area (Å²) in [6, 6.07) is 9.20. The third-order valence-electron chi connectivity index (χ3n) is 3.84. The number of fused-ring (bicyclic) bond motifs is 1. The predicted molar refractivity (Wildman–Crippen MR) is 90.2 cm³/mol. The Hall–Kier alpha value is -2.83. The van der Waals surface area contributed by atoms with Crippen molar-refractivity contribution in [1.29, 1.82) is 0 Å². The summed E-state index contributed by atoms with van der Waals surface area (Å²) < 4.78 is 5.63. The molecule has 0 unspecified atom stereocenters. The number of aromatic nitrogens is 2. The lowest BCUT2D eigenvalue weighted by Crippen LogP contribution is -2.39. The largest absolute Gasteiger partial charge is 0.492 e. The van der Waals surface area contributed by atoms with Crippen LogP contribution in [0, 0.1) is 12.8 Å². The first-order valence-corrected chi connectivity index (χ1v) is 7.92. The maximum atomic E-state index is 12.2. The Morgan fingerprint density at radius 2 is 2.21 bits per heavy atom. The molecule has 0 fully saturated rings. The highest BCUT2D eigenvalue weighted by Crippen LogP contribution is 2.26. The lowest BCUT2D eigenvalue weighted by molar-refractivity contribution is -0.126. The molecule has 7 nitrogen and oxygen atoms in total. The summed E-state index contributed by atoms with van der Waals surface area (Å²) in [6.07, 6.45) is 0.683. The number of nitrogens with zero attached hydrogens (tertiary/aromatic N) is 1. The zero-order chi connectivity index (χ0) is 16.9. The fourth-order valence-corrected chi connectivity index (χ4v) is 2.67. The molecule has 3 N–H and O–H groups in total. The molecule has 7 heteroatoms. The van der Waals surface area contributed by atoms with E-state index in [1.165, 1.54) is 6.07 Å². The zero-order valence-electron chi connectivity index (χ0n) is 13.5. The minimum Gasteiger partial charge on any atom is -0.492 e. The van der Waals surface area contributed by atoms with Gasteiger partial charge in [-0.15, -0.1) is 0 Å². The van der Waals surface area contributed by atoms with E-state index in [4.69, 9.17) is 4.74 Å². The molecule has 1 amide bonds. The average molecular weight is 328 g/mol.